The number of amides is 1. The van der Waals surface area contributed by atoms with Crippen molar-refractivity contribution in [3.8, 4) is 0 Å². The highest BCUT2D eigenvalue weighted by Crippen LogP contribution is 2.22. The molecule has 0 fully saturated rings. The number of hydrogen-bond donors (Lipinski definition) is 1. The van der Waals surface area contributed by atoms with Gasteiger partial charge in [-0.15, -0.1) is 0 Å². The number of carbonyl (C=O) groups is 2. The van der Waals surface area contributed by atoms with Crippen LogP contribution < -0.4 is 5.32 Å². The van der Waals surface area contributed by atoms with Gasteiger partial charge in [0, 0.05) is 18.2 Å². The normalized spacial score (nSPS) is 12.4. The maximum Gasteiger partial charge on any atom is 0.328 e. The Hall–Kier alpha value is -3.28. The summed E-state index contributed by atoms with van der Waals surface area (Å²) < 4.78 is 4.87. The highest BCUT2D eigenvalue weighted by molar-refractivity contribution is 5.96. The number of nitrogens with one attached hydrogen (secondary N) is 1. The fraction of sp³-hybridized carbons (Fsp3) is 0.304. The van der Waals surface area contributed by atoms with E-state index in [1.54, 1.807) is 18.3 Å². The number of ether oxygens (including phenoxy) is 1. The Labute approximate surface area is 170 Å². The molecule has 0 radical (unpaired) electrons. The van der Waals surface area contributed by atoms with Crippen molar-refractivity contribution in [2.24, 2.45) is 0 Å². The SMILES string of the molecule is COC(=O)[C@H](Cc1cnc2ccccc2n1)NC(=O)c1ccc(C(C)(C)C)cc1. The molecule has 1 atom stereocenters. The van der Waals surface area contributed by atoms with Gasteiger partial charge in [0.25, 0.3) is 5.91 Å². The quantitative estimate of drug-likeness (QED) is 0.674. The third-order valence-electron chi connectivity index (χ3n) is 4.72. The largest absolute Gasteiger partial charge is 0.467 e. The zero-order chi connectivity index (χ0) is 21.0. The summed E-state index contributed by atoms with van der Waals surface area (Å²) in [5.74, 6) is -0.866. The first-order chi connectivity index (χ1) is 13.8. The molecule has 3 aromatic rings. The summed E-state index contributed by atoms with van der Waals surface area (Å²) in [4.78, 5) is 33.8. The Morgan fingerprint density at radius 2 is 1.69 bits per heavy atom. The van der Waals surface area contributed by atoms with Gasteiger partial charge in [-0.2, -0.15) is 0 Å². The minimum Gasteiger partial charge on any atom is -0.467 e. The van der Waals surface area contributed by atoms with Gasteiger partial charge >= 0.3 is 5.97 Å². The lowest BCUT2D eigenvalue weighted by molar-refractivity contribution is -0.142. The zero-order valence-corrected chi connectivity index (χ0v) is 17.1. The number of rotatable bonds is 5. The van der Waals surface area contributed by atoms with E-state index in [0.717, 1.165) is 16.6 Å². The third-order valence-corrected chi connectivity index (χ3v) is 4.72. The van der Waals surface area contributed by atoms with Gasteiger partial charge in [0.1, 0.15) is 6.04 Å². The molecule has 0 aliphatic rings. The number of carbonyl (C=O) groups excluding carboxylic acids is 2. The van der Waals surface area contributed by atoms with Crippen molar-refractivity contribution in [2.75, 3.05) is 7.11 Å². The Morgan fingerprint density at radius 1 is 1.03 bits per heavy atom. The lowest BCUT2D eigenvalue weighted by atomic mass is 9.86. The number of fused-ring (bicyclic) bond motifs is 1. The third kappa shape index (κ3) is 4.96. The smallest absolute Gasteiger partial charge is 0.328 e. The molecular formula is C23H25N3O3. The summed E-state index contributed by atoms with van der Waals surface area (Å²) in [6.45, 7) is 6.33. The monoisotopic (exact) mass is 391 g/mol. The van der Waals surface area contributed by atoms with E-state index < -0.39 is 12.0 Å². The number of esters is 1. The van der Waals surface area contributed by atoms with Crippen molar-refractivity contribution < 1.29 is 14.3 Å². The van der Waals surface area contributed by atoms with Crippen LogP contribution in [0.25, 0.3) is 11.0 Å². The molecule has 1 N–H and O–H groups in total. The molecule has 0 bridgehead atoms. The minimum atomic E-state index is -0.856. The van der Waals surface area contributed by atoms with Crippen LogP contribution in [0.2, 0.25) is 0 Å². The Balaban J connectivity index is 1.77. The van der Waals surface area contributed by atoms with Gasteiger partial charge in [-0.05, 0) is 35.2 Å². The van der Waals surface area contributed by atoms with Crippen LogP contribution in [0.3, 0.4) is 0 Å². The van der Waals surface area contributed by atoms with Crippen LogP contribution >= 0.6 is 0 Å². The van der Waals surface area contributed by atoms with Gasteiger partial charge in [0.2, 0.25) is 0 Å². The standard InChI is InChI=1S/C23H25N3O3/c1-23(2,3)16-11-9-15(10-12-16)21(27)26-20(22(28)29-4)13-17-14-24-18-7-5-6-8-19(18)25-17/h5-12,14,20H,13H2,1-4H3,(H,26,27)/t20-/m0/s1. The Bertz CT molecular complexity index is 1020. The number of para-hydroxylation sites is 2. The zero-order valence-electron chi connectivity index (χ0n) is 17.1. The Kier molecular flexibility index (Phi) is 5.92. The predicted octanol–water partition coefficient (Wildman–Crippen LogP) is 3.44. The second-order valence-corrected chi connectivity index (χ2v) is 7.93. The average Bonchev–Trinajstić information content (AvgIpc) is 2.72. The first-order valence-corrected chi connectivity index (χ1v) is 9.48. The van der Waals surface area contributed by atoms with Crippen LogP contribution in [0.15, 0.2) is 54.7 Å². The number of aromatic nitrogens is 2. The summed E-state index contributed by atoms with van der Waals surface area (Å²) in [6, 6.07) is 14.0. The van der Waals surface area contributed by atoms with Crippen molar-refractivity contribution >= 4 is 22.9 Å². The molecule has 2 aromatic carbocycles. The van der Waals surface area contributed by atoms with Crippen molar-refractivity contribution in [1.82, 2.24) is 15.3 Å². The first kappa shape index (κ1) is 20.5. The van der Waals surface area contributed by atoms with Crippen molar-refractivity contribution in [3.05, 3.63) is 71.5 Å². The molecule has 6 heteroatoms. The molecule has 29 heavy (non-hydrogen) atoms. The number of hydrogen-bond acceptors (Lipinski definition) is 5. The fourth-order valence-corrected chi connectivity index (χ4v) is 3.00. The molecule has 1 heterocycles. The van der Waals surface area contributed by atoms with Crippen molar-refractivity contribution in [2.45, 2.75) is 38.6 Å². The van der Waals surface area contributed by atoms with Crippen molar-refractivity contribution in [1.29, 1.82) is 0 Å². The van der Waals surface area contributed by atoms with E-state index in [-0.39, 0.29) is 17.7 Å². The lowest BCUT2D eigenvalue weighted by Gasteiger charge is -2.20. The van der Waals surface area contributed by atoms with E-state index in [2.05, 4.69) is 36.1 Å². The first-order valence-electron chi connectivity index (χ1n) is 9.48. The molecule has 1 amide bonds. The van der Waals surface area contributed by atoms with Gasteiger partial charge in [0.05, 0.1) is 23.8 Å². The van der Waals surface area contributed by atoms with E-state index in [4.69, 9.17) is 4.74 Å². The van der Waals surface area contributed by atoms with E-state index in [1.165, 1.54) is 7.11 Å². The van der Waals surface area contributed by atoms with Gasteiger partial charge in [-0.25, -0.2) is 9.78 Å². The topological polar surface area (TPSA) is 81.2 Å². The second-order valence-electron chi connectivity index (χ2n) is 7.93. The molecule has 0 saturated carbocycles. The molecule has 0 aliphatic heterocycles. The number of methoxy groups -OCH3 is 1. The summed E-state index contributed by atoms with van der Waals surface area (Å²) in [6.07, 6.45) is 1.80. The average molecular weight is 391 g/mol. The maximum atomic E-state index is 12.7. The van der Waals surface area contributed by atoms with Crippen LogP contribution in [0.5, 0.6) is 0 Å². The number of benzene rings is 2. The summed E-state index contributed by atoms with van der Waals surface area (Å²) in [7, 11) is 1.30. The molecular weight excluding hydrogens is 366 g/mol. The highest BCUT2D eigenvalue weighted by atomic mass is 16.5. The molecule has 150 valence electrons. The molecule has 0 aliphatic carbocycles. The molecule has 3 rings (SSSR count). The van der Waals surface area contributed by atoms with E-state index in [9.17, 15) is 9.59 Å². The molecule has 0 unspecified atom stereocenters. The lowest BCUT2D eigenvalue weighted by Crippen LogP contribution is -2.43. The second kappa shape index (κ2) is 8.39. The van der Waals surface area contributed by atoms with Gasteiger partial charge in [-0.3, -0.25) is 9.78 Å². The van der Waals surface area contributed by atoms with Crippen molar-refractivity contribution in [3.63, 3.8) is 0 Å². The molecule has 0 spiro atoms. The highest BCUT2D eigenvalue weighted by Gasteiger charge is 2.24. The maximum absolute atomic E-state index is 12.7. The number of nitrogens with zero attached hydrogens (tertiary/aromatic N) is 2. The van der Waals surface area contributed by atoms with Crippen LogP contribution in [0.4, 0.5) is 0 Å². The summed E-state index contributed by atoms with van der Waals surface area (Å²) >= 11 is 0. The van der Waals surface area contributed by atoms with Gasteiger partial charge in [0.15, 0.2) is 0 Å². The Morgan fingerprint density at radius 3 is 2.31 bits per heavy atom. The van der Waals surface area contributed by atoms with E-state index >= 15 is 0 Å². The molecule has 0 saturated heterocycles. The van der Waals surface area contributed by atoms with Crippen LogP contribution in [-0.4, -0.2) is 35.0 Å². The van der Waals surface area contributed by atoms with Crippen LogP contribution in [0, 0.1) is 0 Å². The van der Waals surface area contributed by atoms with E-state index in [1.807, 2.05) is 36.4 Å². The van der Waals surface area contributed by atoms with Gasteiger partial charge < -0.3 is 10.1 Å². The van der Waals surface area contributed by atoms with Crippen LogP contribution in [0.1, 0.15) is 42.4 Å². The van der Waals surface area contributed by atoms with E-state index in [0.29, 0.717) is 11.3 Å². The van der Waals surface area contributed by atoms with Gasteiger partial charge in [-0.1, -0.05) is 45.0 Å². The van der Waals surface area contributed by atoms with Crippen LogP contribution in [-0.2, 0) is 21.4 Å². The predicted molar refractivity (Wildman–Crippen MR) is 112 cm³/mol. The summed E-state index contributed by atoms with van der Waals surface area (Å²) in [5.41, 5.74) is 3.72. The minimum absolute atomic E-state index is 0.00168. The summed E-state index contributed by atoms with van der Waals surface area (Å²) in [5, 5.41) is 2.76. The molecule has 6 nitrogen and oxygen atoms in total. The fourth-order valence-electron chi connectivity index (χ4n) is 3.00. The molecule has 1 aromatic heterocycles.